The number of hydrogen-bond acceptors (Lipinski definition) is 6. The second-order valence-electron chi connectivity index (χ2n) is 5.24. The molecule has 6 heteroatoms. The number of aryl methyl sites for hydroxylation is 1. The van der Waals surface area contributed by atoms with E-state index in [1.165, 1.54) is 0 Å². The molecule has 118 valence electrons. The minimum absolute atomic E-state index is 0.463. The average Bonchev–Trinajstić information content (AvgIpc) is 2.53. The minimum atomic E-state index is 0.463. The van der Waals surface area contributed by atoms with E-state index < -0.39 is 0 Å². The van der Waals surface area contributed by atoms with Gasteiger partial charge in [-0.3, -0.25) is 0 Å². The van der Waals surface area contributed by atoms with Gasteiger partial charge in [-0.25, -0.2) is 0 Å². The van der Waals surface area contributed by atoms with Crippen LogP contribution < -0.4 is 15.0 Å². The second kappa shape index (κ2) is 7.59. The van der Waals surface area contributed by atoms with Gasteiger partial charge in [-0.05, 0) is 31.0 Å². The van der Waals surface area contributed by atoms with Crippen LogP contribution in [0.4, 0.5) is 17.5 Å². The smallest absolute Gasteiger partial charge is 0.249 e. The largest absolute Gasteiger partial charge is 0.495 e. The van der Waals surface area contributed by atoms with E-state index in [9.17, 15) is 0 Å². The van der Waals surface area contributed by atoms with Crippen molar-refractivity contribution in [3.8, 4) is 5.75 Å². The molecule has 0 aliphatic carbocycles. The molecular formula is C16H23N5O. The first-order valence-corrected chi connectivity index (χ1v) is 7.46. The van der Waals surface area contributed by atoms with Gasteiger partial charge in [0.1, 0.15) is 5.75 Å². The Hall–Kier alpha value is -2.37. The van der Waals surface area contributed by atoms with E-state index >= 15 is 0 Å². The Morgan fingerprint density at radius 3 is 2.86 bits per heavy atom. The van der Waals surface area contributed by atoms with Crippen molar-refractivity contribution in [3.05, 3.63) is 30.0 Å². The van der Waals surface area contributed by atoms with Crippen LogP contribution in [0.2, 0.25) is 0 Å². The van der Waals surface area contributed by atoms with Crippen molar-refractivity contribution < 1.29 is 4.74 Å². The fourth-order valence-electron chi connectivity index (χ4n) is 2.08. The van der Waals surface area contributed by atoms with Crippen molar-refractivity contribution in [2.75, 3.05) is 30.9 Å². The zero-order chi connectivity index (χ0) is 15.9. The zero-order valence-corrected chi connectivity index (χ0v) is 13.6. The minimum Gasteiger partial charge on any atom is -0.495 e. The van der Waals surface area contributed by atoms with Crippen LogP contribution in [0.3, 0.4) is 0 Å². The van der Waals surface area contributed by atoms with E-state index in [0.717, 1.165) is 42.2 Å². The molecule has 0 saturated heterocycles. The number of methoxy groups -OCH3 is 1. The lowest BCUT2D eigenvalue weighted by molar-refractivity contribution is 0.416. The van der Waals surface area contributed by atoms with E-state index in [1.807, 2.05) is 32.2 Å². The molecule has 0 unspecified atom stereocenters. The summed E-state index contributed by atoms with van der Waals surface area (Å²) in [5, 5.41) is 11.3. The molecule has 2 aromatic rings. The Balaban J connectivity index is 2.18. The number of anilines is 3. The molecule has 0 spiro atoms. The lowest BCUT2D eigenvalue weighted by Gasteiger charge is -2.17. The Bertz CT molecular complexity index is 617. The van der Waals surface area contributed by atoms with E-state index in [-0.39, 0.29) is 0 Å². The highest BCUT2D eigenvalue weighted by Crippen LogP contribution is 2.27. The summed E-state index contributed by atoms with van der Waals surface area (Å²) in [6.07, 6.45) is 3.94. The summed E-state index contributed by atoms with van der Waals surface area (Å²) in [5.41, 5.74) is 1.96. The Labute approximate surface area is 131 Å². The molecule has 2 rings (SSSR count). The third kappa shape index (κ3) is 4.07. The first-order chi connectivity index (χ1) is 10.6. The van der Waals surface area contributed by atoms with Crippen molar-refractivity contribution in [3.63, 3.8) is 0 Å². The van der Waals surface area contributed by atoms with Crippen molar-refractivity contribution in [2.45, 2.75) is 26.7 Å². The fraction of sp³-hybridized carbons (Fsp3) is 0.438. The van der Waals surface area contributed by atoms with Gasteiger partial charge in [0, 0.05) is 13.6 Å². The third-order valence-corrected chi connectivity index (χ3v) is 3.39. The summed E-state index contributed by atoms with van der Waals surface area (Å²) >= 11 is 0. The molecule has 6 nitrogen and oxygen atoms in total. The first-order valence-electron chi connectivity index (χ1n) is 7.46. The monoisotopic (exact) mass is 301 g/mol. The van der Waals surface area contributed by atoms with Crippen LogP contribution >= 0.6 is 0 Å². The summed E-state index contributed by atoms with van der Waals surface area (Å²) in [5.74, 6) is 2.02. The van der Waals surface area contributed by atoms with Gasteiger partial charge in [0.05, 0.1) is 19.0 Å². The molecule has 0 fully saturated rings. The van der Waals surface area contributed by atoms with E-state index in [0.29, 0.717) is 5.95 Å². The number of aromatic nitrogens is 3. The van der Waals surface area contributed by atoms with Crippen LogP contribution in [0.15, 0.2) is 24.4 Å². The third-order valence-electron chi connectivity index (χ3n) is 3.39. The molecule has 0 aliphatic heterocycles. The number of hydrogen-bond donors (Lipinski definition) is 1. The molecule has 1 aromatic carbocycles. The molecular weight excluding hydrogens is 278 g/mol. The molecule has 0 aliphatic rings. The maximum atomic E-state index is 5.35. The quantitative estimate of drug-likeness (QED) is 0.847. The van der Waals surface area contributed by atoms with Crippen LogP contribution in [0.1, 0.15) is 25.3 Å². The van der Waals surface area contributed by atoms with Gasteiger partial charge >= 0.3 is 0 Å². The Morgan fingerprint density at radius 2 is 2.14 bits per heavy atom. The molecule has 1 aromatic heterocycles. The number of unbranched alkanes of at least 4 members (excludes halogenated alkanes) is 1. The highest BCUT2D eigenvalue weighted by molar-refractivity contribution is 5.64. The van der Waals surface area contributed by atoms with Gasteiger partial charge in [0.2, 0.25) is 5.95 Å². The topological polar surface area (TPSA) is 63.2 Å². The van der Waals surface area contributed by atoms with E-state index in [2.05, 4.69) is 32.3 Å². The molecule has 0 saturated carbocycles. The van der Waals surface area contributed by atoms with Gasteiger partial charge in [-0.15, -0.1) is 5.10 Å². The number of benzene rings is 1. The van der Waals surface area contributed by atoms with Gasteiger partial charge in [0.15, 0.2) is 5.82 Å². The van der Waals surface area contributed by atoms with Gasteiger partial charge in [0.25, 0.3) is 0 Å². The maximum Gasteiger partial charge on any atom is 0.249 e. The normalized spacial score (nSPS) is 10.4. The summed E-state index contributed by atoms with van der Waals surface area (Å²) in [6, 6.07) is 5.91. The molecule has 1 N–H and O–H groups in total. The SMILES string of the molecule is CCCCN(C)c1cnnc(Nc2cc(C)ccc2OC)n1. The molecule has 0 bridgehead atoms. The molecule has 0 atom stereocenters. The molecule has 0 radical (unpaired) electrons. The van der Waals surface area contributed by atoms with Crippen molar-refractivity contribution in [1.29, 1.82) is 0 Å². The lowest BCUT2D eigenvalue weighted by atomic mass is 10.2. The van der Waals surface area contributed by atoms with Crippen molar-refractivity contribution in [2.24, 2.45) is 0 Å². The Kier molecular flexibility index (Phi) is 5.52. The fourth-order valence-corrected chi connectivity index (χ4v) is 2.08. The average molecular weight is 301 g/mol. The van der Waals surface area contributed by atoms with Crippen LogP contribution in [0.25, 0.3) is 0 Å². The number of rotatable bonds is 7. The summed E-state index contributed by atoms with van der Waals surface area (Å²) in [7, 11) is 3.65. The second-order valence-corrected chi connectivity index (χ2v) is 5.24. The molecule has 22 heavy (non-hydrogen) atoms. The predicted octanol–water partition coefficient (Wildman–Crippen LogP) is 3.17. The van der Waals surface area contributed by atoms with Gasteiger partial charge in [-0.2, -0.15) is 10.1 Å². The van der Waals surface area contributed by atoms with E-state index in [4.69, 9.17) is 4.74 Å². The van der Waals surface area contributed by atoms with Crippen LogP contribution in [-0.4, -0.2) is 35.9 Å². The Morgan fingerprint density at radius 1 is 1.32 bits per heavy atom. The zero-order valence-electron chi connectivity index (χ0n) is 13.6. The van der Waals surface area contributed by atoms with Crippen molar-refractivity contribution in [1.82, 2.24) is 15.2 Å². The van der Waals surface area contributed by atoms with Gasteiger partial charge < -0.3 is 15.0 Å². The van der Waals surface area contributed by atoms with Gasteiger partial charge in [-0.1, -0.05) is 19.4 Å². The van der Waals surface area contributed by atoms with Crippen LogP contribution in [-0.2, 0) is 0 Å². The van der Waals surface area contributed by atoms with Crippen LogP contribution in [0, 0.1) is 6.92 Å². The summed E-state index contributed by atoms with van der Waals surface area (Å²) in [4.78, 5) is 6.59. The van der Waals surface area contributed by atoms with Crippen LogP contribution in [0.5, 0.6) is 5.75 Å². The molecule has 1 heterocycles. The number of nitrogens with one attached hydrogen (secondary N) is 1. The number of nitrogens with zero attached hydrogens (tertiary/aromatic N) is 4. The number of ether oxygens (including phenoxy) is 1. The predicted molar refractivity (Wildman–Crippen MR) is 89.0 cm³/mol. The maximum absolute atomic E-state index is 5.35. The lowest BCUT2D eigenvalue weighted by Crippen LogP contribution is -2.20. The first kappa shape index (κ1) is 16.0. The summed E-state index contributed by atoms with van der Waals surface area (Å²) in [6.45, 7) is 5.14. The van der Waals surface area contributed by atoms with Crippen molar-refractivity contribution >= 4 is 17.5 Å². The standard InChI is InChI=1S/C16H23N5O/c1-5-6-9-21(3)15-11-17-20-16(19-15)18-13-10-12(2)7-8-14(13)22-4/h7-8,10-11H,5-6,9H2,1-4H3,(H,18,19,20). The highest BCUT2D eigenvalue weighted by Gasteiger charge is 2.08. The highest BCUT2D eigenvalue weighted by atomic mass is 16.5. The molecule has 0 amide bonds. The van der Waals surface area contributed by atoms with E-state index in [1.54, 1.807) is 13.3 Å². The summed E-state index contributed by atoms with van der Waals surface area (Å²) < 4.78 is 5.35.